The van der Waals surface area contributed by atoms with Gasteiger partial charge in [0.25, 0.3) is 0 Å². The van der Waals surface area contributed by atoms with Gasteiger partial charge in [0, 0.05) is 25.7 Å². The zero-order chi connectivity index (χ0) is 73.4. The Kier molecular flexibility index (Phi) is 71.6. The Balaban J connectivity index is 5.25. The van der Waals surface area contributed by atoms with E-state index >= 15 is 0 Å². The van der Waals surface area contributed by atoms with E-state index in [4.69, 9.17) is 37.0 Å². The second kappa shape index (κ2) is 73.4. The molecule has 0 saturated carbocycles. The second-order valence-electron chi connectivity index (χ2n) is 29.0. The average molecular weight is 1460 g/mol. The van der Waals surface area contributed by atoms with Crippen LogP contribution in [-0.4, -0.2) is 96.7 Å². The molecule has 0 rings (SSSR count). The number of aliphatic hydroxyl groups excluding tert-OH is 1. The third kappa shape index (κ3) is 73.8. The van der Waals surface area contributed by atoms with Crippen molar-refractivity contribution in [2.24, 2.45) is 5.92 Å². The van der Waals surface area contributed by atoms with E-state index in [0.717, 1.165) is 109 Å². The number of hydrogen-bond donors (Lipinski definition) is 3. The largest absolute Gasteiger partial charge is 0.472 e. The predicted octanol–water partition coefficient (Wildman–Crippen LogP) is 24.0. The number of esters is 4. The van der Waals surface area contributed by atoms with Gasteiger partial charge in [0.1, 0.15) is 19.3 Å². The Hall–Kier alpha value is -2.46. The van der Waals surface area contributed by atoms with Crippen molar-refractivity contribution in [2.75, 3.05) is 39.6 Å². The quantitative estimate of drug-likeness (QED) is 0.0169. The molecule has 5 atom stereocenters. The van der Waals surface area contributed by atoms with Gasteiger partial charge in [0.2, 0.25) is 0 Å². The molecule has 100 heavy (non-hydrogen) atoms. The molecule has 3 N–H and O–H groups in total. The van der Waals surface area contributed by atoms with Crippen LogP contribution in [0.4, 0.5) is 0 Å². The smallest absolute Gasteiger partial charge is 0.462 e. The molecule has 0 aliphatic heterocycles. The van der Waals surface area contributed by atoms with E-state index in [9.17, 15) is 43.2 Å². The van der Waals surface area contributed by atoms with E-state index in [0.29, 0.717) is 31.6 Å². The molecule has 17 nitrogen and oxygen atoms in total. The summed E-state index contributed by atoms with van der Waals surface area (Å²) in [5, 5.41) is 10.6. The first-order valence-corrected chi connectivity index (χ1v) is 44.4. The Bertz CT molecular complexity index is 2000. The molecule has 0 saturated heterocycles. The Morgan fingerprint density at radius 1 is 0.310 bits per heavy atom. The topological polar surface area (TPSA) is 237 Å². The van der Waals surface area contributed by atoms with Crippen LogP contribution in [0.25, 0.3) is 0 Å². The fourth-order valence-corrected chi connectivity index (χ4v) is 13.6. The van der Waals surface area contributed by atoms with Gasteiger partial charge in [-0.15, -0.1) is 0 Å². The molecule has 2 unspecified atom stereocenters. The van der Waals surface area contributed by atoms with Gasteiger partial charge in [-0.25, -0.2) is 9.13 Å². The summed E-state index contributed by atoms with van der Waals surface area (Å²) < 4.78 is 68.6. The fourth-order valence-electron chi connectivity index (χ4n) is 12.0. The van der Waals surface area contributed by atoms with Crippen molar-refractivity contribution in [1.82, 2.24) is 0 Å². The number of phosphoric acid groups is 2. The number of allylic oxidation sites excluding steroid dienone is 4. The normalized spacial score (nSPS) is 14.0. The van der Waals surface area contributed by atoms with Gasteiger partial charge in [0.15, 0.2) is 12.2 Å². The summed E-state index contributed by atoms with van der Waals surface area (Å²) in [5.74, 6) is -1.46. The summed E-state index contributed by atoms with van der Waals surface area (Å²) in [5.41, 5.74) is 0. The summed E-state index contributed by atoms with van der Waals surface area (Å²) in [7, 11) is -9.93. The highest BCUT2D eigenvalue weighted by atomic mass is 31.2. The van der Waals surface area contributed by atoms with Crippen molar-refractivity contribution in [3.63, 3.8) is 0 Å². The summed E-state index contributed by atoms with van der Waals surface area (Å²) in [6.07, 6.45) is 67.6. The van der Waals surface area contributed by atoms with Crippen LogP contribution < -0.4 is 0 Å². The molecular formula is C81H154O17P2. The average Bonchev–Trinajstić information content (AvgIpc) is 0.926. The van der Waals surface area contributed by atoms with Crippen LogP contribution >= 0.6 is 15.6 Å². The maximum Gasteiger partial charge on any atom is 0.472 e. The lowest BCUT2D eigenvalue weighted by atomic mass is 10.0. The van der Waals surface area contributed by atoms with Crippen molar-refractivity contribution >= 4 is 39.5 Å². The van der Waals surface area contributed by atoms with Crippen molar-refractivity contribution in [3.05, 3.63) is 24.3 Å². The minimum Gasteiger partial charge on any atom is -0.462 e. The molecule has 19 heteroatoms. The van der Waals surface area contributed by atoms with E-state index in [2.05, 4.69) is 58.9 Å². The lowest BCUT2D eigenvalue weighted by Gasteiger charge is -2.21. The number of rotatable bonds is 79. The standard InChI is InChI=1S/C81H154O17P2/c1-6-9-12-15-18-21-24-27-30-32-33-34-35-38-41-44-47-50-57-62-66-80(85)97-76(70-91-78(83)64-59-54-48-45-42-39-37-31-28-25-22-19-16-13-10-7-2)72-95-99(87,88)93-68-75(82)69-94-100(89,90)96-73-77(71-92-79(84)65-60-55-52-51-53-58-63-74(4)5)98-81(86)67-61-56-49-46-43-40-36-29-26-23-20-17-14-11-8-3/h23,26,29,36,74-77,82H,6-22,24-25,27-28,30-35,37-73H2,1-5H3,(H,87,88)(H,89,90)/b26-23-,36-29-/t75-,76-,77-/m1/s1. The highest BCUT2D eigenvalue weighted by Gasteiger charge is 2.30. The van der Waals surface area contributed by atoms with E-state index < -0.39 is 97.5 Å². The van der Waals surface area contributed by atoms with E-state index in [1.165, 1.54) is 212 Å². The molecule has 0 aromatic rings. The predicted molar refractivity (Wildman–Crippen MR) is 409 cm³/mol. The van der Waals surface area contributed by atoms with Gasteiger partial charge < -0.3 is 33.8 Å². The number of unbranched alkanes of at least 4 members (excludes halogenated alkanes) is 48. The zero-order valence-electron chi connectivity index (χ0n) is 64.8. The van der Waals surface area contributed by atoms with Crippen LogP contribution in [0.2, 0.25) is 0 Å². The highest BCUT2D eigenvalue weighted by molar-refractivity contribution is 7.47. The van der Waals surface area contributed by atoms with Crippen molar-refractivity contribution in [3.8, 4) is 0 Å². The van der Waals surface area contributed by atoms with Gasteiger partial charge in [-0.1, -0.05) is 354 Å². The third-order valence-corrected chi connectivity index (χ3v) is 20.3. The Morgan fingerprint density at radius 2 is 0.540 bits per heavy atom. The minimum absolute atomic E-state index is 0.0844. The Morgan fingerprint density at radius 3 is 0.820 bits per heavy atom. The van der Waals surface area contributed by atoms with Crippen molar-refractivity contribution in [1.29, 1.82) is 0 Å². The number of carbonyl (C=O) groups is 4. The monoisotopic (exact) mass is 1460 g/mol. The fraction of sp³-hybridized carbons (Fsp3) is 0.901. The summed E-state index contributed by atoms with van der Waals surface area (Å²) in [6, 6.07) is 0. The van der Waals surface area contributed by atoms with E-state index in [-0.39, 0.29) is 25.7 Å². The molecule has 0 aliphatic rings. The van der Waals surface area contributed by atoms with Crippen LogP contribution in [0.5, 0.6) is 0 Å². The van der Waals surface area contributed by atoms with Crippen LogP contribution in [-0.2, 0) is 65.4 Å². The molecule has 0 bridgehead atoms. The van der Waals surface area contributed by atoms with Gasteiger partial charge >= 0.3 is 39.5 Å². The first-order chi connectivity index (χ1) is 48.5. The summed E-state index contributed by atoms with van der Waals surface area (Å²) in [6.45, 7) is 7.17. The second-order valence-corrected chi connectivity index (χ2v) is 31.9. The molecule has 0 aliphatic carbocycles. The van der Waals surface area contributed by atoms with Gasteiger partial charge in [-0.2, -0.15) is 0 Å². The number of carbonyl (C=O) groups excluding carboxylic acids is 4. The zero-order valence-corrected chi connectivity index (χ0v) is 66.6. The van der Waals surface area contributed by atoms with Gasteiger partial charge in [-0.3, -0.25) is 37.3 Å². The molecule has 0 spiro atoms. The highest BCUT2D eigenvalue weighted by Crippen LogP contribution is 2.45. The maximum atomic E-state index is 13.1. The molecule has 0 aromatic carbocycles. The van der Waals surface area contributed by atoms with Gasteiger partial charge in [0.05, 0.1) is 26.4 Å². The van der Waals surface area contributed by atoms with E-state index in [1.807, 2.05) is 0 Å². The Labute approximate surface area is 612 Å². The number of phosphoric ester groups is 2. The van der Waals surface area contributed by atoms with Crippen LogP contribution in [0.1, 0.15) is 407 Å². The molecule has 590 valence electrons. The lowest BCUT2D eigenvalue weighted by Crippen LogP contribution is -2.30. The summed E-state index contributed by atoms with van der Waals surface area (Å²) in [4.78, 5) is 72.9. The number of hydrogen-bond acceptors (Lipinski definition) is 15. The van der Waals surface area contributed by atoms with E-state index in [1.54, 1.807) is 0 Å². The van der Waals surface area contributed by atoms with Crippen LogP contribution in [0.15, 0.2) is 24.3 Å². The van der Waals surface area contributed by atoms with Crippen LogP contribution in [0, 0.1) is 5.92 Å². The maximum absolute atomic E-state index is 13.1. The van der Waals surface area contributed by atoms with Crippen LogP contribution in [0.3, 0.4) is 0 Å². The molecule has 0 radical (unpaired) electrons. The van der Waals surface area contributed by atoms with Crippen molar-refractivity contribution in [2.45, 2.75) is 425 Å². The number of aliphatic hydroxyl groups is 1. The van der Waals surface area contributed by atoms with Gasteiger partial charge in [-0.05, 0) is 57.3 Å². The summed E-state index contributed by atoms with van der Waals surface area (Å²) >= 11 is 0. The third-order valence-electron chi connectivity index (χ3n) is 18.4. The van der Waals surface area contributed by atoms with Crippen molar-refractivity contribution < 1.29 is 80.2 Å². The molecular weight excluding hydrogens is 1310 g/mol. The lowest BCUT2D eigenvalue weighted by molar-refractivity contribution is -0.161. The first kappa shape index (κ1) is 97.5. The minimum atomic E-state index is -4.97. The molecule has 0 amide bonds. The molecule has 0 heterocycles. The molecule has 0 fully saturated rings. The number of ether oxygens (including phenoxy) is 4. The molecule has 0 aromatic heterocycles. The first-order valence-electron chi connectivity index (χ1n) is 41.5. The SMILES string of the molecule is CCCCCC/C=C\C=C/CCCCCCCC(=O)O[C@H](COC(=O)CCCCCCCCC(C)C)COP(=O)(O)OC[C@H](O)COP(=O)(O)OC[C@@H](COC(=O)CCCCCCCCCCCCCCCCCC)OC(=O)CCCCCCCCCCCCCCCCCCCCCC.